The number of carbonyl (C=O) groups is 3. The third-order valence-electron chi connectivity index (χ3n) is 6.86. The van der Waals surface area contributed by atoms with Gasteiger partial charge in [0.15, 0.2) is 17.4 Å². The van der Waals surface area contributed by atoms with E-state index in [0.29, 0.717) is 24.3 Å². The van der Waals surface area contributed by atoms with Gasteiger partial charge in [-0.25, -0.2) is 4.79 Å². The van der Waals surface area contributed by atoms with E-state index in [1.165, 1.54) is 28.0 Å². The van der Waals surface area contributed by atoms with Gasteiger partial charge in [-0.2, -0.15) is 13.9 Å². The lowest BCUT2D eigenvalue weighted by Gasteiger charge is -2.49. The Morgan fingerprint density at radius 2 is 2.13 bits per heavy atom. The van der Waals surface area contributed by atoms with Crippen molar-refractivity contribution in [3.05, 3.63) is 33.2 Å². The molecule has 0 radical (unpaired) electrons. The van der Waals surface area contributed by atoms with Gasteiger partial charge in [0.1, 0.15) is 23.2 Å². The van der Waals surface area contributed by atoms with Crippen LogP contribution >= 0.6 is 34.6 Å². The van der Waals surface area contributed by atoms with Crippen LogP contribution in [0.1, 0.15) is 42.1 Å². The van der Waals surface area contributed by atoms with Crippen LogP contribution in [0.4, 0.5) is 5.13 Å². The zero-order valence-corrected chi connectivity index (χ0v) is 23.5. The fourth-order valence-corrected chi connectivity index (χ4v) is 7.56. The molecule has 1 aliphatic carbocycles. The fraction of sp³-hybridized carbons (Fsp3) is 0.522. The van der Waals surface area contributed by atoms with Crippen molar-refractivity contribution in [2.24, 2.45) is 5.16 Å². The number of thiazole rings is 1. The first-order valence-corrected chi connectivity index (χ1v) is 15.1. The van der Waals surface area contributed by atoms with Gasteiger partial charge in [0.05, 0.1) is 4.88 Å². The minimum atomic E-state index is -1.20. The van der Waals surface area contributed by atoms with Crippen LogP contribution in [0.15, 0.2) is 21.9 Å². The molecule has 2 aliphatic heterocycles. The summed E-state index contributed by atoms with van der Waals surface area (Å²) in [6.45, 7) is 2.26. The molecule has 2 aromatic heterocycles. The number of hydrogen-bond acceptors (Lipinski definition) is 12. The molecule has 16 heteroatoms. The van der Waals surface area contributed by atoms with Crippen LogP contribution in [0.2, 0.25) is 0 Å². The summed E-state index contributed by atoms with van der Waals surface area (Å²) in [5.74, 6) is -2.05. The number of nitrogen functional groups attached to an aromatic ring is 1. The highest BCUT2D eigenvalue weighted by atomic mass is 32.2. The van der Waals surface area contributed by atoms with E-state index in [0.717, 1.165) is 47.8 Å². The predicted molar refractivity (Wildman–Crippen MR) is 144 cm³/mol. The lowest BCUT2D eigenvalue weighted by atomic mass is 10.0. The number of carboxylic acids is 1. The smallest absolute Gasteiger partial charge is 0.352 e. The fourth-order valence-electron chi connectivity index (χ4n) is 4.81. The van der Waals surface area contributed by atoms with Crippen molar-refractivity contribution < 1.29 is 34.0 Å². The van der Waals surface area contributed by atoms with E-state index in [4.69, 9.17) is 10.6 Å². The van der Waals surface area contributed by atoms with Crippen LogP contribution in [0.3, 0.4) is 0 Å². The Hall–Kier alpha value is -3.08. The van der Waals surface area contributed by atoms with E-state index >= 15 is 0 Å². The largest absolute Gasteiger partial charge is 0.477 e. The topological polar surface area (TPSA) is 184 Å². The number of fused-ring (bicyclic) bond motifs is 1. The van der Waals surface area contributed by atoms with Gasteiger partial charge in [0.2, 0.25) is 17.0 Å². The van der Waals surface area contributed by atoms with Crippen molar-refractivity contribution in [2.45, 2.75) is 63.1 Å². The van der Waals surface area contributed by atoms with Crippen LogP contribution in [-0.2, 0) is 32.2 Å². The van der Waals surface area contributed by atoms with Gasteiger partial charge < -0.3 is 26.1 Å². The predicted octanol–water partition coefficient (Wildman–Crippen LogP) is 0.415. The molecule has 208 valence electrons. The van der Waals surface area contributed by atoms with E-state index in [1.54, 1.807) is 0 Å². The third-order valence-corrected chi connectivity index (χ3v) is 9.88. The van der Waals surface area contributed by atoms with Crippen LogP contribution in [0.25, 0.3) is 0 Å². The molecule has 13 nitrogen and oxygen atoms in total. The van der Waals surface area contributed by atoms with Crippen molar-refractivity contribution in [1.82, 2.24) is 19.6 Å². The molecule has 2 amide bonds. The van der Waals surface area contributed by atoms with Crippen molar-refractivity contribution in [2.75, 3.05) is 18.1 Å². The molecule has 39 heavy (non-hydrogen) atoms. The SMILES string of the molecule is Cc1c(CCO)sc[n+]1CC1=C(C(=O)O)N2C(=O)C(NC(=O)C(=NOC3CCCC3)c3nsc(N)n3)[C@H]2SC1. The molecule has 1 unspecified atom stereocenters. The standard InChI is InChI=1S/C23H27N7O6S3/c1-11-14(6-7-31)38-10-29(11)8-12-9-37-21-16(20(33)30(21)17(12)22(34)35)25-19(32)15(18-26-23(24)39-28-18)27-36-13-4-2-3-5-13/h10,13,16,21,31H,2-9H2,1H3,(H3-,24,25,26,28,32,34,35)/p+1/t16?,21-/m1/s1. The number of aromatic nitrogens is 3. The average molecular weight is 595 g/mol. The molecule has 2 aromatic rings. The van der Waals surface area contributed by atoms with E-state index in [-0.39, 0.29) is 35.1 Å². The number of aliphatic hydroxyl groups excluding tert-OH is 1. The summed E-state index contributed by atoms with van der Waals surface area (Å²) in [7, 11) is 0. The Balaban J connectivity index is 1.33. The average Bonchev–Trinajstić information content (AvgIpc) is 3.66. The second-order valence-corrected chi connectivity index (χ2v) is 12.2. The first-order valence-electron chi connectivity index (χ1n) is 12.4. The van der Waals surface area contributed by atoms with Crippen molar-refractivity contribution >= 4 is 63.3 Å². The van der Waals surface area contributed by atoms with Crippen molar-refractivity contribution in [3.63, 3.8) is 0 Å². The van der Waals surface area contributed by atoms with Crippen molar-refractivity contribution in [1.29, 1.82) is 0 Å². The summed E-state index contributed by atoms with van der Waals surface area (Å²) in [5, 5.41) is 25.6. The van der Waals surface area contributed by atoms with Gasteiger partial charge in [-0.05, 0) is 25.7 Å². The zero-order valence-electron chi connectivity index (χ0n) is 21.0. The van der Waals surface area contributed by atoms with E-state index in [9.17, 15) is 24.6 Å². The maximum Gasteiger partial charge on any atom is 0.352 e. The summed E-state index contributed by atoms with van der Waals surface area (Å²) in [6, 6.07) is -0.947. The van der Waals surface area contributed by atoms with Crippen LogP contribution < -0.4 is 15.6 Å². The van der Waals surface area contributed by atoms with Gasteiger partial charge in [0.25, 0.3) is 11.8 Å². The number of thioether (sulfide) groups is 1. The van der Waals surface area contributed by atoms with Gasteiger partial charge >= 0.3 is 5.97 Å². The molecule has 5 N–H and O–H groups in total. The molecule has 1 saturated carbocycles. The summed E-state index contributed by atoms with van der Waals surface area (Å²) in [4.78, 5) is 50.5. The number of nitrogens with zero attached hydrogens (tertiary/aromatic N) is 5. The minimum absolute atomic E-state index is 0.00468. The number of rotatable bonds is 10. The molecular formula is C23H28N7O6S3+. The van der Waals surface area contributed by atoms with Crippen LogP contribution in [0.5, 0.6) is 0 Å². The number of oxime groups is 1. The number of anilines is 1. The van der Waals surface area contributed by atoms with Crippen LogP contribution in [0, 0.1) is 6.92 Å². The number of hydrogen-bond donors (Lipinski definition) is 4. The van der Waals surface area contributed by atoms with Crippen LogP contribution in [-0.4, -0.2) is 77.8 Å². The third kappa shape index (κ3) is 5.50. The second-order valence-electron chi connectivity index (χ2n) is 9.36. The summed E-state index contributed by atoms with van der Waals surface area (Å²) in [6.07, 6.45) is 4.12. The molecule has 0 aromatic carbocycles. The molecule has 4 heterocycles. The Morgan fingerprint density at radius 3 is 2.79 bits per heavy atom. The normalized spacial score (nSPS) is 21.6. The number of nitrogens with one attached hydrogen (secondary N) is 1. The maximum absolute atomic E-state index is 13.2. The zero-order chi connectivity index (χ0) is 27.7. The number of nitrogens with two attached hydrogens (primary N) is 1. The molecule has 1 saturated heterocycles. The lowest BCUT2D eigenvalue weighted by Crippen LogP contribution is -2.71. The number of carbonyl (C=O) groups excluding carboxylic acids is 2. The van der Waals surface area contributed by atoms with E-state index < -0.39 is 29.2 Å². The molecular weight excluding hydrogens is 566 g/mol. The Morgan fingerprint density at radius 1 is 1.36 bits per heavy atom. The first-order chi connectivity index (χ1) is 18.8. The second kappa shape index (κ2) is 11.6. The Labute approximate surface area is 235 Å². The highest BCUT2D eigenvalue weighted by Crippen LogP contribution is 2.40. The monoisotopic (exact) mass is 594 g/mol. The van der Waals surface area contributed by atoms with Gasteiger partial charge in [-0.1, -0.05) is 16.5 Å². The maximum atomic E-state index is 13.2. The quantitative estimate of drug-likeness (QED) is 0.130. The number of aliphatic carboxylic acids is 1. The number of amides is 2. The first kappa shape index (κ1) is 27.5. The van der Waals surface area contributed by atoms with Gasteiger partial charge in [0, 0.05) is 42.8 Å². The molecule has 5 rings (SSSR count). The molecule has 3 aliphatic rings. The summed E-state index contributed by atoms with van der Waals surface area (Å²) >= 11 is 3.79. The van der Waals surface area contributed by atoms with Gasteiger partial charge in [-0.3, -0.25) is 14.5 Å². The highest BCUT2D eigenvalue weighted by molar-refractivity contribution is 8.00. The molecule has 0 bridgehead atoms. The van der Waals surface area contributed by atoms with E-state index in [1.807, 2.05) is 17.0 Å². The summed E-state index contributed by atoms with van der Waals surface area (Å²) in [5.41, 5.74) is 8.88. The Bertz CT molecular complexity index is 1350. The van der Waals surface area contributed by atoms with E-state index in [2.05, 4.69) is 19.8 Å². The molecule has 0 spiro atoms. The molecule has 2 fully saturated rings. The number of carboxylic acid groups (broad SMARTS) is 1. The minimum Gasteiger partial charge on any atom is -0.477 e. The Kier molecular flexibility index (Phi) is 8.16. The number of aliphatic hydroxyl groups is 1. The lowest BCUT2D eigenvalue weighted by molar-refractivity contribution is -0.690. The van der Waals surface area contributed by atoms with Gasteiger partial charge in [-0.15, -0.1) is 11.8 Å². The van der Waals surface area contributed by atoms with Crippen molar-refractivity contribution in [3.8, 4) is 0 Å². The number of β-lactam (4-membered cyclic amide) rings is 1. The highest BCUT2D eigenvalue weighted by Gasteiger charge is 2.55. The molecule has 2 atom stereocenters. The summed E-state index contributed by atoms with van der Waals surface area (Å²) < 4.78 is 6.00.